The van der Waals surface area contributed by atoms with E-state index in [1.54, 1.807) is 41.0 Å². The van der Waals surface area contributed by atoms with Crippen LogP contribution in [0.25, 0.3) is 10.9 Å². The molecule has 1 atom stereocenters. The maximum atomic E-state index is 13.7. The third-order valence-electron chi connectivity index (χ3n) is 5.96. The Morgan fingerprint density at radius 2 is 1.74 bits per heavy atom. The Balaban J connectivity index is 1.72. The van der Waals surface area contributed by atoms with Gasteiger partial charge in [0.15, 0.2) is 16.7 Å². The third kappa shape index (κ3) is 6.43. The third-order valence-corrected chi connectivity index (χ3v) is 7.81. The summed E-state index contributed by atoms with van der Waals surface area (Å²) < 4.78 is 12.4. The number of carbonyl (C=O) groups is 1. The number of aromatic nitrogens is 2. The summed E-state index contributed by atoms with van der Waals surface area (Å²) in [5.41, 5.74) is 1.86. The summed E-state index contributed by atoms with van der Waals surface area (Å²) in [7, 11) is 3.05. The molecule has 3 aromatic carbocycles. The highest BCUT2D eigenvalue weighted by Gasteiger charge is 2.23. The number of amides is 1. The fourth-order valence-electron chi connectivity index (χ4n) is 3.95. The van der Waals surface area contributed by atoms with Gasteiger partial charge >= 0.3 is 0 Å². The van der Waals surface area contributed by atoms with Gasteiger partial charge in [-0.1, -0.05) is 60.1 Å². The Morgan fingerprint density at radius 1 is 1.03 bits per heavy atom. The number of methoxy groups -OCH3 is 2. The molecule has 0 radical (unpaired) electrons. The van der Waals surface area contributed by atoms with Gasteiger partial charge in [0, 0.05) is 28.3 Å². The molecule has 10 heteroatoms. The van der Waals surface area contributed by atoms with Gasteiger partial charge in [0.2, 0.25) is 5.91 Å². The number of carbonyl (C=O) groups excluding carboxylic acids is 1. The van der Waals surface area contributed by atoms with Crippen LogP contribution in [0.4, 0.5) is 5.69 Å². The van der Waals surface area contributed by atoms with Gasteiger partial charge in [-0.05, 0) is 54.8 Å². The molecular formula is C28H27Cl2N3O4S. The van der Waals surface area contributed by atoms with Crippen molar-refractivity contribution >= 4 is 57.5 Å². The van der Waals surface area contributed by atoms with Crippen molar-refractivity contribution in [2.24, 2.45) is 0 Å². The first-order valence-electron chi connectivity index (χ1n) is 12.0. The van der Waals surface area contributed by atoms with Gasteiger partial charge in [-0.3, -0.25) is 14.2 Å². The van der Waals surface area contributed by atoms with Crippen LogP contribution in [0.2, 0.25) is 10.0 Å². The summed E-state index contributed by atoms with van der Waals surface area (Å²) in [5, 5.41) is 4.43. The lowest BCUT2D eigenvalue weighted by Gasteiger charge is -2.19. The average molecular weight is 573 g/mol. The monoisotopic (exact) mass is 571 g/mol. The first-order chi connectivity index (χ1) is 18.3. The van der Waals surface area contributed by atoms with E-state index in [9.17, 15) is 9.59 Å². The van der Waals surface area contributed by atoms with E-state index in [2.05, 4.69) is 5.32 Å². The average Bonchev–Trinajstić information content (AvgIpc) is 2.91. The number of hydrogen-bond donors (Lipinski definition) is 1. The molecule has 0 saturated heterocycles. The van der Waals surface area contributed by atoms with E-state index in [-0.39, 0.29) is 11.5 Å². The van der Waals surface area contributed by atoms with Gasteiger partial charge in [0.25, 0.3) is 5.56 Å². The van der Waals surface area contributed by atoms with Crippen molar-refractivity contribution in [3.05, 3.63) is 86.6 Å². The van der Waals surface area contributed by atoms with E-state index in [4.69, 9.17) is 37.7 Å². The molecule has 0 aliphatic heterocycles. The van der Waals surface area contributed by atoms with Gasteiger partial charge in [0.1, 0.15) is 0 Å². The van der Waals surface area contributed by atoms with E-state index in [1.807, 2.05) is 31.2 Å². The number of aryl methyl sites for hydroxylation is 1. The largest absolute Gasteiger partial charge is 0.493 e. The first kappa shape index (κ1) is 27.8. The lowest BCUT2D eigenvalue weighted by molar-refractivity contribution is -0.115. The molecule has 7 nitrogen and oxygen atoms in total. The number of nitrogens with one attached hydrogen (secondary N) is 1. The molecule has 0 aliphatic carbocycles. The second-order valence-electron chi connectivity index (χ2n) is 8.47. The summed E-state index contributed by atoms with van der Waals surface area (Å²) in [4.78, 5) is 31.7. The van der Waals surface area contributed by atoms with Crippen LogP contribution in [-0.2, 0) is 17.8 Å². The van der Waals surface area contributed by atoms with E-state index < -0.39 is 5.25 Å². The normalized spacial score (nSPS) is 11.8. The lowest BCUT2D eigenvalue weighted by atomic mass is 10.1. The van der Waals surface area contributed by atoms with Gasteiger partial charge in [0.05, 0.1) is 30.4 Å². The van der Waals surface area contributed by atoms with Gasteiger partial charge < -0.3 is 14.8 Å². The second-order valence-corrected chi connectivity index (χ2v) is 10.5. The van der Waals surface area contributed by atoms with Crippen LogP contribution < -0.4 is 20.3 Å². The van der Waals surface area contributed by atoms with E-state index in [1.165, 1.54) is 26.0 Å². The highest BCUT2D eigenvalue weighted by Crippen LogP contribution is 2.32. The number of thioether (sulfide) groups is 1. The Kier molecular flexibility index (Phi) is 9.20. The van der Waals surface area contributed by atoms with Crippen LogP contribution in [-0.4, -0.2) is 34.9 Å². The molecule has 0 unspecified atom stereocenters. The summed E-state index contributed by atoms with van der Waals surface area (Å²) in [6.45, 7) is 2.28. The molecule has 0 aliphatic rings. The van der Waals surface area contributed by atoms with Crippen LogP contribution >= 0.6 is 35.0 Å². The molecule has 1 aromatic heterocycles. The van der Waals surface area contributed by atoms with Crippen LogP contribution in [0.5, 0.6) is 11.5 Å². The number of ether oxygens (including phenoxy) is 2. The van der Waals surface area contributed by atoms with E-state index in [0.29, 0.717) is 62.7 Å². The smallest absolute Gasteiger partial charge is 0.262 e. The molecule has 0 saturated carbocycles. The van der Waals surface area contributed by atoms with Crippen molar-refractivity contribution in [3.63, 3.8) is 0 Å². The minimum absolute atomic E-state index is 0.203. The molecule has 1 amide bonds. The Hall–Kier alpha value is -3.20. The first-order valence-corrected chi connectivity index (χ1v) is 13.6. The minimum Gasteiger partial charge on any atom is -0.493 e. The molecule has 1 heterocycles. The zero-order valence-electron chi connectivity index (χ0n) is 21.2. The maximum Gasteiger partial charge on any atom is 0.262 e. The fourth-order valence-corrected chi connectivity index (χ4v) is 5.30. The highest BCUT2D eigenvalue weighted by molar-refractivity contribution is 8.00. The fraction of sp³-hybridized carbons (Fsp3) is 0.250. The molecule has 0 fully saturated rings. The van der Waals surface area contributed by atoms with E-state index in [0.717, 1.165) is 5.56 Å². The predicted octanol–water partition coefficient (Wildman–Crippen LogP) is 6.47. The molecule has 0 spiro atoms. The Bertz CT molecular complexity index is 1510. The predicted molar refractivity (Wildman–Crippen MR) is 154 cm³/mol. The quantitative estimate of drug-likeness (QED) is 0.173. The SMILES string of the molecule is CC[C@H](Sc1nc2cc(OC)c(OC)cc2c(=O)n1CCc1ccc(Cl)cc1)C(=O)Nc1cccc(Cl)c1. The van der Waals surface area contributed by atoms with Crippen LogP contribution in [0, 0.1) is 0 Å². The number of anilines is 1. The Morgan fingerprint density at radius 3 is 2.39 bits per heavy atom. The second kappa shape index (κ2) is 12.6. The van der Waals surface area contributed by atoms with Crippen LogP contribution in [0.1, 0.15) is 18.9 Å². The summed E-state index contributed by atoms with van der Waals surface area (Å²) in [6.07, 6.45) is 1.10. The van der Waals surface area contributed by atoms with Crippen LogP contribution in [0.3, 0.4) is 0 Å². The van der Waals surface area contributed by atoms with Gasteiger partial charge in [-0.15, -0.1) is 0 Å². The molecule has 4 rings (SSSR count). The number of benzene rings is 3. The van der Waals surface area contributed by atoms with Crippen molar-refractivity contribution in [2.45, 2.75) is 36.7 Å². The van der Waals surface area contributed by atoms with Crippen molar-refractivity contribution in [1.29, 1.82) is 0 Å². The molecule has 0 bridgehead atoms. The molecule has 198 valence electrons. The number of halogens is 2. The summed E-state index contributed by atoms with van der Waals surface area (Å²) in [5.74, 6) is 0.703. The standard InChI is InChI=1S/C28H27Cl2N3O4S/c1-4-25(26(34)31-20-7-5-6-19(30)14-20)38-28-32-22-16-24(37-3)23(36-2)15-21(22)27(35)33(28)13-12-17-8-10-18(29)11-9-17/h5-11,14-16,25H,4,12-13H2,1-3H3,(H,31,34)/t25-/m0/s1. The van der Waals surface area contributed by atoms with Crippen molar-refractivity contribution < 1.29 is 14.3 Å². The number of hydrogen-bond acceptors (Lipinski definition) is 6. The lowest BCUT2D eigenvalue weighted by Crippen LogP contribution is -2.28. The minimum atomic E-state index is -0.500. The Labute approximate surface area is 235 Å². The number of rotatable bonds is 10. The number of nitrogens with zero attached hydrogens (tertiary/aromatic N) is 2. The maximum absolute atomic E-state index is 13.7. The van der Waals surface area contributed by atoms with Crippen molar-refractivity contribution in [3.8, 4) is 11.5 Å². The molecule has 1 N–H and O–H groups in total. The summed E-state index contributed by atoms with van der Waals surface area (Å²) >= 11 is 13.4. The van der Waals surface area contributed by atoms with Crippen molar-refractivity contribution in [2.75, 3.05) is 19.5 Å². The van der Waals surface area contributed by atoms with E-state index >= 15 is 0 Å². The highest BCUT2D eigenvalue weighted by atomic mass is 35.5. The van der Waals surface area contributed by atoms with Gasteiger partial charge in [-0.25, -0.2) is 4.98 Å². The van der Waals surface area contributed by atoms with Gasteiger partial charge in [-0.2, -0.15) is 0 Å². The zero-order valence-corrected chi connectivity index (χ0v) is 23.5. The molecular weight excluding hydrogens is 545 g/mol. The summed E-state index contributed by atoms with van der Waals surface area (Å²) in [6, 6.07) is 17.8. The van der Waals surface area contributed by atoms with Crippen molar-refractivity contribution in [1.82, 2.24) is 9.55 Å². The number of fused-ring (bicyclic) bond motifs is 1. The topological polar surface area (TPSA) is 82.5 Å². The molecule has 4 aromatic rings. The zero-order chi connectivity index (χ0) is 27.2. The van der Waals surface area contributed by atoms with Crippen LogP contribution in [0.15, 0.2) is 70.6 Å². The molecule has 38 heavy (non-hydrogen) atoms.